The number of rotatable bonds is 3. The van der Waals surface area contributed by atoms with Gasteiger partial charge in [-0.3, -0.25) is 4.79 Å². The molecule has 1 aromatic carbocycles. The molecular weight excluding hydrogens is 298 g/mol. The van der Waals surface area contributed by atoms with Crippen LogP contribution >= 0.6 is 11.6 Å². The second-order valence-corrected chi connectivity index (χ2v) is 6.32. The first kappa shape index (κ1) is 15.1. The van der Waals surface area contributed by atoms with E-state index in [0.29, 0.717) is 17.4 Å². The molecule has 0 unspecified atom stereocenters. The summed E-state index contributed by atoms with van der Waals surface area (Å²) in [5, 5.41) is 0.702. The van der Waals surface area contributed by atoms with Gasteiger partial charge in [0, 0.05) is 43.0 Å². The number of imidazole rings is 1. The van der Waals surface area contributed by atoms with Crippen LogP contribution in [0.15, 0.2) is 36.8 Å². The number of nitrogens with zero attached hydrogens (tertiary/aromatic N) is 3. The molecule has 2 aromatic rings. The van der Waals surface area contributed by atoms with Crippen LogP contribution in [0.4, 0.5) is 0 Å². The van der Waals surface area contributed by atoms with E-state index in [1.165, 1.54) is 5.69 Å². The Balaban J connectivity index is 1.56. The number of benzene rings is 1. The third-order valence-electron chi connectivity index (χ3n) is 4.39. The molecule has 1 aliphatic heterocycles. The first-order valence-electron chi connectivity index (χ1n) is 7.62. The molecule has 1 amide bonds. The predicted octanol–water partition coefficient (Wildman–Crippen LogP) is 3.02. The highest BCUT2D eigenvalue weighted by Gasteiger charge is 2.25. The van der Waals surface area contributed by atoms with Crippen molar-refractivity contribution in [2.24, 2.45) is 7.05 Å². The zero-order chi connectivity index (χ0) is 15.5. The standard InChI is InChI=1S/C17H20ClN3O/c1-20-12-19-11-16(20)14-6-8-21(9-7-14)17(22)10-13-2-4-15(18)5-3-13/h2-5,11-12,14H,6-10H2,1H3. The number of carbonyl (C=O) groups is 1. The van der Waals surface area contributed by atoms with E-state index in [0.717, 1.165) is 31.5 Å². The zero-order valence-corrected chi connectivity index (χ0v) is 13.5. The Morgan fingerprint density at radius 1 is 1.27 bits per heavy atom. The quantitative estimate of drug-likeness (QED) is 0.872. The van der Waals surface area contributed by atoms with Crippen molar-refractivity contribution in [3.8, 4) is 0 Å². The van der Waals surface area contributed by atoms with Crippen LogP contribution < -0.4 is 0 Å². The van der Waals surface area contributed by atoms with Crippen molar-refractivity contribution in [2.45, 2.75) is 25.2 Å². The van der Waals surface area contributed by atoms with Gasteiger partial charge in [0.15, 0.2) is 0 Å². The van der Waals surface area contributed by atoms with Crippen LogP contribution in [0.3, 0.4) is 0 Å². The SMILES string of the molecule is Cn1cncc1C1CCN(C(=O)Cc2ccc(Cl)cc2)CC1. The summed E-state index contributed by atoms with van der Waals surface area (Å²) in [6.07, 6.45) is 6.24. The first-order valence-corrected chi connectivity index (χ1v) is 7.99. The molecule has 0 N–H and O–H groups in total. The third kappa shape index (κ3) is 3.33. The van der Waals surface area contributed by atoms with E-state index < -0.39 is 0 Å². The minimum absolute atomic E-state index is 0.200. The molecule has 3 rings (SSSR count). The molecule has 1 saturated heterocycles. The van der Waals surface area contributed by atoms with Crippen molar-refractivity contribution >= 4 is 17.5 Å². The van der Waals surface area contributed by atoms with Crippen molar-refractivity contribution < 1.29 is 4.79 Å². The molecule has 0 atom stereocenters. The molecule has 4 nitrogen and oxygen atoms in total. The van der Waals surface area contributed by atoms with Crippen molar-refractivity contribution in [3.63, 3.8) is 0 Å². The Bertz CT molecular complexity index is 642. The topological polar surface area (TPSA) is 38.1 Å². The number of hydrogen-bond acceptors (Lipinski definition) is 2. The van der Waals surface area contributed by atoms with Crippen LogP contribution in [0.5, 0.6) is 0 Å². The molecule has 5 heteroatoms. The smallest absolute Gasteiger partial charge is 0.226 e. The van der Waals surface area contributed by atoms with E-state index in [-0.39, 0.29) is 5.91 Å². The average Bonchev–Trinajstić information content (AvgIpc) is 2.96. The molecule has 0 radical (unpaired) electrons. The van der Waals surface area contributed by atoms with E-state index in [4.69, 9.17) is 11.6 Å². The number of aromatic nitrogens is 2. The number of halogens is 1. The van der Waals surface area contributed by atoms with Gasteiger partial charge >= 0.3 is 0 Å². The fraction of sp³-hybridized carbons (Fsp3) is 0.412. The minimum atomic E-state index is 0.200. The molecule has 22 heavy (non-hydrogen) atoms. The van der Waals surface area contributed by atoms with Crippen LogP contribution in [0, 0.1) is 0 Å². The lowest BCUT2D eigenvalue weighted by Gasteiger charge is -2.32. The number of piperidine rings is 1. The summed E-state index contributed by atoms with van der Waals surface area (Å²) in [6, 6.07) is 7.50. The average molecular weight is 318 g/mol. The van der Waals surface area contributed by atoms with Gasteiger partial charge < -0.3 is 9.47 Å². The van der Waals surface area contributed by atoms with Crippen LogP contribution in [-0.2, 0) is 18.3 Å². The molecule has 0 saturated carbocycles. The minimum Gasteiger partial charge on any atom is -0.342 e. The lowest BCUT2D eigenvalue weighted by Crippen LogP contribution is -2.39. The van der Waals surface area contributed by atoms with E-state index in [1.807, 2.05) is 48.7 Å². The summed E-state index contributed by atoms with van der Waals surface area (Å²) in [7, 11) is 2.03. The number of hydrogen-bond donors (Lipinski definition) is 0. The zero-order valence-electron chi connectivity index (χ0n) is 12.7. The highest BCUT2D eigenvalue weighted by molar-refractivity contribution is 6.30. The van der Waals surface area contributed by atoms with Crippen molar-refractivity contribution in [3.05, 3.63) is 53.1 Å². The second kappa shape index (κ2) is 6.53. The lowest BCUT2D eigenvalue weighted by molar-refractivity contribution is -0.131. The van der Waals surface area contributed by atoms with Gasteiger partial charge in [-0.15, -0.1) is 0 Å². The Labute approximate surface area is 135 Å². The molecule has 1 aromatic heterocycles. The normalized spacial score (nSPS) is 16.0. The van der Waals surface area contributed by atoms with E-state index in [9.17, 15) is 4.79 Å². The van der Waals surface area contributed by atoms with Gasteiger partial charge in [0.05, 0.1) is 12.7 Å². The maximum absolute atomic E-state index is 12.4. The molecule has 0 bridgehead atoms. The van der Waals surface area contributed by atoms with Gasteiger partial charge in [0.2, 0.25) is 5.91 Å². The Morgan fingerprint density at radius 3 is 2.55 bits per heavy atom. The van der Waals surface area contributed by atoms with Crippen molar-refractivity contribution in [1.29, 1.82) is 0 Å². The third-order valence-corrected chi connectivity index (χ3v) is 4.64. The van der Waals surface area contributed by atoms with Crippen molar-refractivity contribution in [2.75, 3.05) is 13.1 Å². The fourth-order valence-electron chi connectivity index (χ4n) is 3.07. The van der Waals surface area contributed by atoms with E-state index in [1.54, 1.807) is 0 Å². The van der Waals surface area contributed by atoms with Crippen LogP contribution in [0.2, 0.25) is 5.02 Å². The number of amides is 1. The van der Waals surface area contributed by atoms with Gasteiger partial charge in [-0.25, -0.2) is 4.98 Å². The molecule has 1 aliphatic rings. The second-order valence-electron chi connectivity index (χ2n) is 5.89. The predicted molar refractivity (Wildman–Crippen MR) is 86.9 cm³/mol. The summed E-state index contributed by atoms with van der Waals surface area (Å²) in [6.45, 7) is 1.64. The van der Waals surface area contributed by atoms with E-state index >= 15 is 0 Å². The van der Waals surface area contributed by atoms with Crippen molar-refractivity contribution in [1.82, 2.24) is 14.5 Å². The summed E-state index contributed by atoms with van der Waals surface area (Å²) >= 11 is 5.87. The van der Waals surface area contributed by atoms with Crippen LogP contribution in [0.1, 0.15) is 30.0 Å². The van der Waals surface area contributed by atoms with Gasteiger partial charge in [-0.2, -0.15) is 0 Å². The highest BCUT2D eigenvalue weighted by atomic mass is 35.5. The summed E-state index contributed by atoms with van der Waals surface area (Å²) in [5.41, 5.74) is 2.29. The Morgan fingerprint density at radius 2 is 1.95 bits per heavy atom. The van der Waals surface area contributed by atoms with Crippen LogP contribution in [-0.4, -0.2) is 33.4 Å². The highest BCUT2D eigenvalue weighted by Crippen LogP contribution is 2.27. The number of carbonyl (C=O) groups excluding carboxylic acids is 1. The molecule has 2 heterocycles. The monoisotopic (exact) mass is 317 g/mol. The van der Waals surface area contributed by atoms with Crippen LogP contribution in [0.25, 0.3) is 0 Å². The fourth-order valence-corrected chi connectivity index (χ4v) is 3.20. The molecule has 116 valence electrons. The summed E-state index contributed by atoms with van der Waals surface area (Å²) in [4.78, 5) is 18.5. The van der Waals surface area contributed by atoms with Gasteiger partial charge in [0.1, 0.15) is 0 Å². The molecule has 1 fully saturated rings. The molecular formula is C17H20ClN3O. The Kier molecular flexibility index (Phi) is 4.48. The number of likely N-dealkylation sites (tertiary alicyclic amines) is 1. The first-order chi connectivity index (χ1) is 10.6. The molecule has 0 spiro atoms. The maximum Gasteiger partial charge on any atom is 0.226 e. The molecule has 0 aliphatic carbocycles. The lowest BCUT2D eigenvalue weighted by atomic mass is 9.93. The Hall–Kier alpha value is -1.81. The largest absolute Gasteiger partial charge is 0.342 e. The summed E-state index contributed by atoms with van der Waals surface area (Å²) < 4.78 is 2.08. The number of aryl methyl sites for hydroxylation is 1. The van der Waals surface area contributed by atoms with E-state index in [2.05, 4.69) is 9.55 Å². The van der Waals surface area contributed by atoms with Gasteiger partial charge in [-0.05, 0) is 30.5 Å². The summed E-state index contributed by atoms with van der Waals surface area (Å²) in [5.74, 6) is 0.706. The maximum atomic E-state index is 12.4. The van der Waals surface area contributed by atoms with Gasteiger partial charge in [0.25, 0.3) is 0 Å². The van der Waals surface area contributed by atoms with Gasteiger partial charge in [-0.1, -0.05) is 23.7 Å².